The third kappa shape index (κ3) is 3.77. The highest BCUT2D eigenvalue weighted by atomic mass is 127. The molecule has 6 nitrogen and oxygen atoms in total. The van der Waals surface area contributed by atoms with Crippen LogP contribution in [0.25, 0.3) is 6.08 Å². The fourth-order valence-corrected chi connectivity index (χ4v) is 3.72. The van der Waals surface area contributed by atoms with Gasteiger partial charge < -0.3 is 10.2 Å². The number of carboxylic acids is 1. The first-order chi connectivity index (χ1) is 9.90. The van der Waals surface area contributed by atoms with Gasteiger partial charge in [-0.2, -0.15) is 5.10 Å². The second-order valence-electron chi connectivity index (χ2n) is 4.34. The Bertz CT molecular complexity index is 711. The fourth-order valence-electron chi connectivity index (χ4n) is 1.76. The number of allylic oxidation sites excluding steroid dienone is 1. The molecule has 0 atom stereocenters. The Morgan fingerprint density at radius 3 is 2.81 bits per heavy atom. The zero-order valence-corrected chi connectivity index (χ0v) is 14.8. The number of aliphatic carboxylic acids is 1. The number of hydrogen-bond donors (Lipinski definition) is 2. The Kier molecular flexibility index (Phi) is 5.27. The molecule has 0 aromatic carbocycles. The first-order valence-corrected chi connectivity index (χ1v) is 8.35. The maximum Gasteiger partial charge on any atom is 0.303 e. The van der Waals surface area contributed by atoms with Gasteiger partial charge in [0.2, 0.25) is 5.88 Å². The molecular formula is C12H12IN3O3S2. The predicted octanol–water partition coefficient (Wildman–Crippen LogP) is 3.46. The van der Waals surface area contributed by atoms with Crippen LogP contribution in [0, 0.1) is 3.95 Å². The van der Waals surface area contributed by atoms with Gasteiger partial charge in [0.25, 0.3) is 0 Å². The monoisotopic (exact) mass is 437 g/mol. The zero-order valence-electron chi connectivity index (χ0n) is 11.0. The van der Waals surface area contributed by atoms with E-state index in [0.717, 1.165) is 15.0 Å². The fraction of sp³-hybridized carbons (Fsp3) is 0.333. The third-order valence-electron chi connectivity index (χ3n) is 2.84. The van der Waals surface area contributed by atoms with Crippen molar-refractivity contribution < 1.29 is 15.0 Å². The molecule has 1 aromatic heterocycles. The number of carbonyl (C=O) groups is 1. The average Bonchev–Trinajstić information content (AvgIpc) is 2.86. The van der Waals surface area contributed by atoms with Crippen LogP contribution in [0.15, 0.2) is 15.8 Å². The van der Waals surface area contributed by atoms with Gasteiger partial charge in [0.1, 0.15) is 3.72 Å². The summed E-state index contributed by atoms with van der Waals surface area (Å²) < 4.78 is 2.84. The van der Waals surface area contributed by atoms with Crippen LogP contribution in [0.2, 0.25) is 0 Å². The van der Waals surface area contributed by atoms with Crippen LogP contribution in [0.4, 0.5) is 0 Å². The van der Waals surface area contributed by atoms with E-state index in [2.05, 4.69) is 32.8 Å². The van der Waals surface area contributed by atoms with Gasteiger partial charge in [-0.15, -0.1) is 16.4 Å². The number of rotatable bonds is 5. The van der Waals surface area contributed by atoms with Crippen LogP contribution in [-0.2, 0) is 11.3 Å². The topological polar surface area (TPSA) is 87.2 Å². The largest absolute Gasteiger partial charge is 0.493 e. The van der Waals surface area contributed by atoms with E-state index in [1.807, 2.05) is 6.92 Å². The number of nitrogens with zero attached hydrogens (tertiary/aromatic N) is 3. The molecule has 0 radical (unpaired) electrons. The van der Waals surface area contributed by atoms with Crippen molar-refractivity contribution in [3.8, 4) is 5.88 Å². The van der Waals surface area contributed by atoms with E-state index in [1.165, 1.54) is 11.3 Å². The summed E-state index contributed by atoms with van der Waals surface area (Å²) in [6.07, 6.45) is 2.27. The van der Waals surface area contributed by atoms with Crippen LogP contribution in [0.1, 0.15) is 24.6 Å². The predicted molar refractivity (Wildman–Crippen MR) is 94.2 cm³/mol. The quantitative estimate of drug-likeness (QED) is 0.546. The third-order valence-corrected chi connectivity index (χ3v) is 5.02. The molecule has 1 aliphatic heterocycles. The molecule has 0 amide bonds. The molecule has 0 saturated carbocycles. The molecular weight excluding hydrogens is 425 g/mol. The van der Waals surface area contributed by atoms with Crippen molar-refractivity contribution in [1.29, 1.82) is 0 Å². The minimum atomic E-state index is -0.859. The van der Waals surface area contributed by atoms with Gasteiger partial charge in [0.05, 0.1) is 10.6 Å². The molecule has 0 aliphatic carbocycles. The summed E-state index contributed by atoms with van der Waals surface area (Å²) in [5.41, 5.74) is 1.65. The summed E-state index contributed by atoms with van der Waals surface area (Å²) in [6, 6.07) is 0. The first-order valence-electron chi connectivity index (χ1n) is 6.04. The summed E-state index contributed by atoms with van der Waals surface area (Å²) in [7, 11) is 0. The molecule has 2 heterocycles. The van der Waals surface area contributed by atoms with Crippen molar-refractivity contribution in [2.45, 2.75) is 26.3 Å². The number of halogens is 1. The lowest BCUT2D eigenvalue weighted by atomic mass is 10.2. The average molecular weight is 437 g/mol. The number of aromatic nitrogens is 1. The maximum absolute atomic E-state index is 10.5. The van der Waals surface area contributed by atoms with Crippen molar-refractivity contribution in [2.75, 3.05) is 0 Å². The number of carboxylic acid groups (broad SMARTS) is 1. The molecule has 112 valence electrons. The Morgan fingerprint density at radius 1 is 1.52 bits per heavy atom. The van der Waals surface area contributed by atoms with Crippen LogP contribution in [0.5, 0.6) is 5.88 Å². The molecule has 1 aromatic rings. The van der Waals surface area contributed by atoms with Crippen molar-refractivity contribution in [2.24, 2.45) is 10.2 Å². The molecule has 0 fully saturated rings. The van der Waals surface area contributed by atoms with Gasteiger partial charge in [-0.1, -0.05) is 0 Å². The Balaban J connectivity index is 2.26. The van der Waals surface area contributed by atoms with E-state index >= 15 is 0 Å². The van der Waals surface area contributed by atoms with Crippen molar-refractivity contribution >= 4 is 67.6 Å². The van der Waals surface area contributed by atoms with Gasteiger partial charge in [0, 0.05) is 18.5 Å². The molecule has 2 N–H and O–H groups in total. The molecule has 0 saturated heterocycles. The maximum atomic E-state index is 10.5. The standard InChI is InChI=1S/C12H12IN3O3S2/c1-6-7(10(13)15-14-6)5-8-11(19)16(12(20)21-8)4-2-3-9(17)18/h5,19H,2-4H2,1H3,(H,17,18). The number of hydrogen-bond acceptors (Lipinski definition) is 6. The second-order valence-corrected chi connectivity index (χ2v) is 7.04. The molecule has 21 heavy (non-hydrogen) atoms. The summed E-state index contributed by atoms with van der Waals surface area (Å²) >= 11 is 8.59. The van der Waals surface area contributed by atoms with Crippen LogP contribution >= 0.6 is 46.1 Å². The summed E-state index contributed by atoms with van der Waals surface area (Å²) in [4.78, 5) is 11.2. The highest BCUT2D eigenvalue weighted by Crippen LogP contribution is 2.30. The van der Waals surface area contributed by atoms with Crippen molar-refractivity contribution in [3.63, 3.8) is 0 Å². The van der Waals surface area contributed by atoms with Crippen molar-refractivity contribution in [1.82, 2.24) is 4.57 Å². The van der Waals surface area contributed by atoms with Gasteiger partial charge in [-0.25, -0.2) is 0 Å². The smallest absolute Gasteiger partial charge is 0.303 e. The lowest BCUT2D eigenvalue weighted by molar-refractivity contribution is -0.137. The zero-order chi connectivity index (χ0) is 15.6. The molecule has 1 aliphatic rings. The first kappa shape index (κ1) is 16.3. The lowest BCUT2D eigenvalue weighted by Crippen LogP contribution is -2.01. The summed E-state index contributed by atoms with van der Waals surface area (Å²) in [5, 5.41) is 26.8. The molecule has 2 rings (SSSR count). The summed E-state index contributed by atoms with van der Waals surface area (Å²) in [5.74, 6) is -0.797. The highest BCUT2D eigenvalue weighted by molar-refractivity contribution is 14.1. The molecule has 9 heteroatoms. The normalized spacial score (nSPS) is 16.2. The Labute approximate surface area is 143 Å². The van der Waals surface area contributed by atoms with Gasteiger partial charge in [-0.3, -0.25) is 9.36 Å². The SMILES string of the molecule is CC1=NN=C(I)C1=Cc1sc(=S)n(CCCC(=O)O)c1O. The van der Waals surface area contributed by atoms with E-state index in [-0.39, 0.29) is 12.3 Å². The van der Waals surface area contributed by atoms with Crippen LogP contribution < -0.4 is 0 Å². The van der Waals surface area contributed by atoms with Crippen LogP contribution in [-0.4, -0.2) is 30.2 Å². The second kappa shape index (κ2) is 6.79. The minimum absolute atomic E-state index is 0.0454. The Morgan fingerprint density at radius 2 is 2.24 bits per heavy atom. The molecule has 0 spiro atoms. The number of thiazole rings is 1. The van der Waals surface area contributed by atoms with E-state index in [9.17, 15) is 9.90 Å². The number of aromatic hydroxyl groups is 1. The minimum Gasteiger partial charge on any atom is -0.493 e. The van der Waals surface area contributed by atoms with E-state index in [1.54, 1.807) is 10.6 Å². The van der Waals surface area contributed by atoms with Crippen LogP contribution in [0.3, 0.4) is 0 Å². The van der Waals surface area contributed by atoms with E-state index in [4.69, 9.17) is 17.3 Å². The van der Waals surface area contributed by atoms with E-state index in [0.29, 0.717) is 21.8 Å². The van der Waals surface area contributed by atoms with Gasteiger partial charge in [-0.05, 0) is 54.2 Å². The molecule has 0 unspecified atom stereocenters. The van der Waals surface area contributed by atoms with Gasteiger partial charge >= 0.3 is 5.97 Å². The summed E-state index contributed by atoms with van der Waals surface area (Å²) in [6.45, 7) is 2.23. The van der Waals surface area contributed by atoms with Gasteiger partial charge in [0.15, 0.2) is 3.95 Å². The Hall–Kier alpha value is -1.07. The lowest BCUT2D eigenvalue weighted by Gasteiger charge is -2.03. The van der Waals surface area contributed by atoms with Crippen molar-refractivity contribution in [3.05, 3.63) is 14.4 Å². The highest BCUT2D eigenvalue weighted by Gasteiger charge is 2.17. The van der Waals surface area contributed by atoms with E-state index < -0.39 is 5.97 Å². The molecule has 0 bridgehead atoms.